The van der Waals surface area contributed by atoms with Crippen molar-refractivity contribution in [2.24, 2.45) is 4.99 Å². The van der Waals surface area contributed by atoms with Crippen molar-refractivity contribution in [2.45, 2.75) is 25.3 Å². The average molecular weight is 311 g/mol. The van der Waals surface area contributed by atoms with Crippen LogP contribution in [-0.4, -0.2) is 17.4 Å². The maximum atomic E-state index is 11.6. The van der Waals surface area contributed by atoms with Crippen LogP contribution in [0.5, 0.6) is 0 Å². The third-order valence-electron chi connectivity index (χ3n) is 2.98. The number of ether oxygens (including phenoxy) is 1. The second-order valence-corrected chi connectivity index (χ2v) is 5.96. The van der Waals surface area contributed by atoms with E-state index < -0.39 is 5.54 Å². The van der Waals surface area contributed by atoms with Crippen molar-refractivity contribution < 1.29 is 9.53 Å². The van der Waals surface area contributed by atoms with Gasteiger partial charge in [0.1, 0.15) is 10.9 Å². The van der Waals surface area contributed by atoms with Crippen LogP contribution in [0.4, 0.5) is 0 Å². The number of aliphatic imine (C=N–C) groups is 1. The Morgan fingerprint density at radius 1 is 1.59 bits per heavy atom. The van der Waals surface area contributed by atoms with E-state index in [1.54, 1.807) is 0 Å². The molecule has 4 nitrogen and oxygen atoms in total. The molecule has 0 amide bonds. The van der Waals surface area contributed by atoms with Crippen LogP contribution in [0.25, 0.3) is 0 Å². The highest BCUT2D eigenvalue weighted by Gasteiger charge is 2.56. The summed E-state index contributed by atoms with van der Waals surface area (Å²) in [5, 5.41) is 8.95. The van der Waals surface area contributed by atoms with Gasteiger partial charge in [0.05, 0.1) is 4.88 Å². The van der Waals surface area contributed by atoms with E-state index in [2.05, 4.69) is 27.0 Å². The zero-order valence-electron chi connectivity index (χ0n) is 8.91. The van der Waals surface area contributed by atoms with E-state index in [-0.39, 0.29) is 5.97 Å². The molecule has 2 aliphatic rings. The molecule has 1 spiro atoms. The summed E-state index contributed by atoms with van der Waals surface area (Å²) in [6.07, 6.45) is 1.54. The fraction of sp³-hybridized carbons (Fsp3) is 0.364. The normalized spacial score (nSPS) is 20.1. The van der Waals surface area contributed by atoms with Crippen LogP contribution >= 0.6 is 27.3 Å². The van der Waals surface area contributed by atoms with E-state index in [0.717, 1.165) is 27.8 Å². The van der Waals surface area contributed by atoms with E-state index in [1.807, 2.05) is 6.92 Å². The molecule has 0 radical (unpaired) electrons. The number of rotatable bonds is 1. The molecule has 0 atom stereocenters. The number of carbonyl (C=O) groups excluding carboxylic acids is 1. The number of nitriles is 1. The Balaban J connectivity index is 2.07. The maximum Gasteiger partial charge on any atom is 0.340 e. The van der Waals surface area contributed by atoms with Gasteiger partial charge in [-0.3, -0.25) is 0 Å². The summed E-state index contributed by atoms with van der Waals surface area (Å²) in [6, 6.07) is 2.10. The minimum atomic E-state index is -0.592. The Kier molecular flexibility index (Phi) is 2.19. The van der Waals surface area contributed by atoms with E-state index in [1.165, 1.54) is 11.3 Å². The molecule has 6 heteroatoms. The molecule has 1 aliphatic carbocycles. The second-order valence-electron chi connectivity index (χ2n) is 4.15. The monoisotopic (exact) mass is 310 g/mol. The molecule has 3 rings (SSSR count). The fourth-order valence-electron chi connectivity index (χ4n) is 1.75. The quantitative estimate of drug-likeness (QED) is 0.749. The van der Waals surface area contributed by atoms with Gasteiger partial charge in [-0.05, 0) is 41.3 Å². The molecule has 0 bridgehead atoms. The minimum Gasteiger partial charge on any atom is -0.404 e. The summed E-state index contributed by atoms with van der Waals surface area (Å²) >= 11 is 4.66. The molecule has 1 aromatic heterocycles. The van der Waals surface area contributed by atoms with Gasteiger partial charge in [0.25, 0.3) is 0 Å². The van der Waals surface area contributed by atoms with Gasteiger partial charge in [-0.15, -0.1) is 11.3 Å². The molecule has 2 heterocycles. The molecule has 1 aromatic rings. The Morgan fingerprint density at radius 2 is 2.29 bits per heavy atom. The van der Waals surface area contributed by atoms with E-state index in [4.69, 9.17) is 10.00 Å². The first-order chi connectivity index (χ1) is 8.07. The number of thiophene rings is 1. The Labute approximate surface area is 110 Å². The summed E-state index contributed by atoms with van der Waals surface area (Å²) in [5.74, 6) is 0.118. The highest BCUT2D eigenvalue weighted by Crippen LogP contribution is 2.46. The number of hydrogen-bond acceptors (Lipinski definition) is 5. The molecule has 0 aromatic carbocycles. The predicted octanol–water partition coefficient (Wildman–Crippen LogP) is 2.53. The summed E-state index contributed by atoms with van der Waals surface area (Å²) in [7, 11) is 0. The van der Waals surface area contributed by atoms with Crippen LogP contribution in [0.15, 0.2) is 9.47 Å². The maximum absolute atomic E-state index is 11.6. The highest BCUT2D eigenvalue weighted by atomic mass is 79.9. The van der Waals surface area contributed by atoms with Crippen LogP contribution in [0.1, 0.15) is 28.2 Å². The first kappa shape index (κ1) is 10.9. The minimum absolute atomic E-state index is 0.255. The molecule has 1 fully saturated rings. The van der Waals surface area contributed by atoms with Crippen molar-refractivity contribution >= 4 is 39.1 Å². The number of cyclic esters (lactones) is 1. The Hall–Kier alpha value is -1.19. The fourth-order valence-corrected chi connectivity index (χ4v) is 3.33. The summed E-state index contributed by atoms with van der Waals surface area (Å²) in [4.78, 5) is 17.3. The lowest BCUT2D eigenvalue weighted by atomic mass is 10.2. The van der Waals surface area contributed by atoms with Crippen LogP contribution in [0.2, 0.25) is 0 Å². The molecule has 1 aliphatic heterocycles. The smallest absolute Gasteiger partial charge is 0.340 e. The zero-order chi connectivity index (χ0) is 12.2. The first-order valence-corrected chi connectivity index (χ1v) is 6.70. The SMILES string of the molecule is Cc1c(C2=NC3(CC3)C(=O)O2)sc(C#N)c1Br. The van der Waals surface area contributed by atoms with Crippen molar-refractivity contribution in [3.63, 3.8) is 0 Å². The van der Waals surface area contributed by atoms with E-state index >= 15 is 0 Å². The zero-order valence-corrected chi connectivity index (χ0v) is 11.3. The second kappa shape index (κ2) is 3.40. The molecule has 1 saturated carbocycles. The van der Waals surface area contributed by atoms with Gasteiger partial charge >= 0.3 is 5.97 Å². The average Bonchev–Trinajstić information content (AvgIpc) is 2.94. The standard InChI is InChI=1S/C11H7BrN2O2S/c1-5-7(12)6(4-13)17-8(5)9-14-11(2-3-11)10(15)16-9/h2-3H2,1H3. The van der Waals surface area contributed by atoms with Crippen molar-refractivity contribution in [1.82, 2.24) is 0 Å². The number of nitrogens with zero attached hydrogens (tertiary/aromatic N) is 2. The molecule has 17 heavy (non-hydrogen) atoms. The summed E-state index contributed by atoms with van der Waals surface area (Å²) in [5.41, 5.74) is 0.307. The molecular weight excluding hydrogens is 304 g/mol. The van der Waals surface area contributed by atoms with E-state index in [9.17, 15) is 4.79 Å². The van der Waals surface area contributed by atoms with Gasteiger partial charge in [-0.25, -0.2) is 9.79 Å². The van der Waals surface area contributed by atoms with Gasteiger partial charge in [0.2, 0.25) is 5.90 Å². The van der Waals surface area contributed by atoms with E-state index in [0.29, 0.717) is 10.8 Å². The molecule has 86 valence electrons. The summed E-state index contributed by atoms with van der Waals surface area (Å²) < 4.78 is 5.97. The van der Waals surface area contributed by atoms with Crippen LogP contribution in [0.3, 0.4) is 0 Å². The van der Waals surface area contributed by atoms with Gasteiger partial charge in [-0.2, -0.15) is 5.26 Å². The Morgan fingerprint density at radius 3 is 2.76 bits per heavy atom. The summed E-state index contributed by atoms with van der Waals surface area (Å²) in [6.45, 7) is 1.88. The predicted molar refractivity (Wildman–Crippen MR) is 66.1 cm³/mol. The van der Waals surface area contributed by atoms with Crippen molar-refractivity contribution in [1.29, 1.82) is 5.26 Å². The van der Waals surface area contributed by atoms with Crippen molar-refractivity contribution in [3.8, 4) is 6.07 Å². The van der Waals surface area contributed by atoms with Crippen LogP contribution in [0, 0.1) is 18.3 Å². The van der Waals surface area contributed by atoms with Crippen LogP contribution in [-0.2, 0) is 9.53 Å². The largest absolute Gasteiger partial charge is 0.404 e. The van der Waals surface area contributed by atoms with Crippen molar-refractivity contribution in [3.05, 3.63) is 19.8 Å². The Bertz CT molecular complexity index is 608. The third kappa shape index (κ3) is 1.46. The molecule has 0 saturated heterocycles. The third-order valence-corrected chi connectivity index (χ3v) is 5.42. The first-order valence-electron chi connectivity index (χ1n) is 5.09. The molecule has 0 N–H and O–H groups in total. The molecule has 0 unspecified atom stereocenters. The number of halogens is 1. The number of esters is 1. The van der Waals surface area contributed by atoms with Gasteiger partial charge < -0.3 is 4.74 Å². The van der Waals surface area contributed by atoms with Crippen molar-refractivity contribution in [2.75, 3.05) is 0 Å². The highest BCUT2D eigenvalue weighted by molar-refractivity contribution is 9.10. The molecular formula is C11H7BrN2O2S. The lowest BCUT2D eigenvalue weighted by molar-refractivity contribution is -0.135. The number of carbonyl (C=O) groups is 1. The van der Waals surface area contributed by atoms with Gasteiger partial charge in [0.15, 0.2) is 5.54 Å². The lowest BCUT2D eigenvalue weighted by Gasteiger charge is -1.97. The number of hydrogen-bond donors (Lipinski definition) is 0. The van der Waals surface area contributed by atoms with Gasteiger partial charge in [0, 0.05) is 4.47 Å². The topological polar surface area (TPSA) is 62.4 Å². The lowest BCUT2D eigenvalue weighted by Crippen LogP contribution is -2.15. The van der Waals surface area contributed by atoms with Gasteiger partial charge in [-0.1, -0.05) is 0 Å². The van der Waals surface area contributed by atoms with Crippen LogP contribution < -0.4 is 0 Å².